The zero-order valence-electron chi connectivity index (χ0n) is 20.5. The Labute approximate surface area is 208 Å². The highest BCUT2D eigenvalue weighted by molar-refractivity contribution is 5.88. The lowest BCUT2D eigenvalue weighted by atomic mass is 10.1. The van der Waals surface area contributed by atoms with Crippen LogP contribution in [0, 0.1) is 13.8 Å². The second-order valence-corrected chi connectivity index (χ2v) is 8.67. The minimum Gasteiger partial charge on any atom is -0.478 e. The summed E-state index contributed by atoms with van der Waals surface area (Å²) < 4.78 is 2.40. The van der Waals surface area contributed by atoms with Crippen molar-refractivity contribution >= 4 is 11.9 Å². The van der Waals surface area contributed by atoms with Crippen LogP contribution in [0.15, 0.2) is 82.4 Å². The van der Waals surface area contributed by atoms with E-state index in [0.717, 1.165) is 26.8 Å². The fraction of sp³-hybridized carbons (Fsp3) is 0.214. The second-order valence-electron chi connectivity index (χ2n) is 8.67. The number of aromatic carboxylic acids is 1. The number of anilines is 1. The van der Waals surface area contributed by atoms with Crippen molar-refractivity contribution in [2.75, 3.05) is 11.4 Å². The summed E-state index contributed by atoms with van der Waals surface area (Å²) in [6.45, 7) is 6.82. The number of aromatic nitrogens is 3. The van der Waals surface area contributed by atoms with Gasteiger partial charge in [0.15, 0.2) is 0 Å². The summed E-state index contributed by atoms with van der Waals surface area (Å²) >= 11 is 0. The maximum Gasteiger partial charge on any atom is 0.355 e. The first-order chi connectivity index (χ1) is 17.3. The lowest BCUT2D eigenvalue weighted by molar-refractivity contribution is 0.0697. The molecule has 1 N–H and O–H groups in total. The molecule has 0 unspecified atom stereocenters. The molecular weight excluding hydrogens is 456 g/mol. The van der Waals surface area contributed by atoms with E-state index >= 15 is 0 Å². The molecule has 8 heteroatoms. The average molecular weight is 485 g/mol. The van der Waals surface area contributed by atoms with Gasteiger partial charge in [0, 0.05) is 13.1 Å². The molecule has 1 heterocycles. The molecule has 0 saturated heterocycles. The lowest BCUT2D eigenvalue weighted by Gasteiger charge is -2.25. The van der Waals surface area contributed by atoms with Crippen LogP contribution < -0.4 is 16.3 Å². The number of nitrogens with zero attached hydrogens (tertiary/aromatic N) is 4. The molecule has 0 aliphatic rings. The largest absolute Gasteiger partial charge is 0.478 e. The molecule has 1 aromatic heterocycles. The van der Waals surface area contributed by atoms with E-state index in [9.17, 15) is 19.5 Å². The van der Waals surface area contributed by atoms with Crippen molar-refractivity contribution in [2.45, 2.75) is 33.9 Å². The first-order valence-electron chi connectivity index (χ1n) is 11.7. The first kappa shape index (κ1) is 24.7. The quantitative estimate of drug-likeness (QED) is 0.409. The van der Waals surface area contributed by atoms with Gasteiger partial charge in [-0.1, -0.05) is 54.6 Å². The maximum atomic E-state index is 13.8. The minimum atomic E-state index is -1.11. The number of aryl methyl sites for hydroxylation is 2. The van der Waals surface area contributed by atoms with Gasteiger partial charge in [0.1, 0.15) is 0 Å². The predicted molar refractivity (Wildman–Crippen MR) is 139 cm³/mol. The Balaban J connectivity index is 1.91. The third kappa shape index (κ3) is 5.12. The second kappa shape index (κ2) is 10.4. The van der Waals surface area contributed by atoms with Gasteiger partial charge in [0.25, 0.3) is 0 Å². The number of carbonyl (C=O) groups is 1. The van der Waals surface area contributed by atoms with Crippen LogP contribution in [0.3, 0.4) is 0 Å². The number of carboxylic acid groups (broad SMARTS) is 1. The highest BCUT2D eigenvalue weighted by atomic mass is 16.4. The van der Waals surface area contributed by atoms with Gasteiger partial charge in [-0.15, -0.1) is 0 Å². The van der Waals surface area contributed by atoms with Gasteiger partial charge in [0.05, 0.1) is 17.8 Å². The van der Waals surface area contributed by atoms with Crippen LogP contribution in [0.2, 0.25) is 0 Å². The summed E-state index contributed by atoms with van der Waals surface area (Å²) in [5.74, 6) is -0.949. The van der Waals surface area contributed by atoms with Gasteiger partial charge >= 0.3 is 17.3 Å². The van der Waals surface area contributed by atoms with E-state index < -0.39 is 17.3 Å². The lowest BCUT2D eigenvalue weighted by Crippen LogP contribution is -2.44. The minimum absolute atomic E-state index is 0.0309. The SMILES string of the molecule is CCN(Cc1ccccc1)c1nc(=O)n(Cc2ccc(C)c(C)c2)c(=O)n1-c1cccc(C(=O)O)c1. The van der Waals surface area contributed by atoms with Gasteiger partial charge < -0.3 is 10.0 Å². The van der Waals surface area contributed by atoms with E-state index in [2.05, 4.69) is 4.98 Å². The Morgan fingerprint density at radius 1 is 0.917 bits per heavy atom. The van der Waals surface area contributed by atoms with Crippen molar-refractivity contribution in [1.82, 2.24) is 14.1 Å². The van der Waals surface area contributed by atoms with Crippen molar-refractivity contribution in [3.8, 4) is 5.69 Å². The normalized spacial score (nSPS) is 10.9. The molecule has 184 valence electrons. The number of hydrogen-bond acceptors (Lipinski definition) is 5. The van der Waals surface area contributed by atoms with Crippen LogP contribution in [-0.2, 0) is 13.1 Å². The molecule has 0 bridgehead atoms. The molecule has 36 heavy (non-hydrogen) atoms. The number of carboxylic acids is 1. The van der Waals surface area contributed by atoms with Gasteiger partial charge in [-0.25, -0.2) is 23.5 Å². The van der Waals surface area contributed by atoms with Crippen molar-refractivity contribution in [3.05, 3.63) is 122 Å². The highest BCUT2D eigenvalue weighted by Crippen LogP contribution is 2.18. The monoisotopic (exact) mass is 484 g/mol. The summed E-state index contributed by atoms with van der Waals surface area (Å²) in [5.41, 5.74) is 3.06. The van der Waals surface area contributed by atoms with Crippen LogP contribution in [0.4, 0.5) is 5.95 Å². The Morgan fingerprint density at radius 2 is 1.67 bits per heavy atom. The molecule has 0 radical (unpaired) electrons. The molecule has 0 saturated carbocycles. The van der Waals surface area contributed by atoms with Crippen molar-refractivity contribution in [1.29, 1.82) is 0 Å². The molecule has 0 spiro atoms. The van der Waals surface area contributed by atoms with Gasteiger partial charge in [-0.3, -0.25) is 0 Å². The molecule has 0 atom stereocenters. The van der Waals surface area contributed by atoms with E-state index in [-0.39, 0.29) is 18.1 Å². The van der Waals surface area contributed by atoms with Crippen LogP contribution >= 0.6 is 0 Å². The van der Waals surface area contributed by atoms with E-state index in [1.165, 1.54) is 16.7 Å². The summed E-state index contributed by atoms with van der Waals surface area (Å²) in [6.07, 6.45) is 0. The zero-order valence-corrected chi connectivity index (χ0v) is 20.5. The van der Waals surface area contributed by atoms with Gasteiger partial charge in [-0.2, -0.15) is 4.98 Å². The number of benzene rings is 3. The third-order valence-electron chi connectivity index (χ3n) is 6.19. The van der Waals surface area contributed by atoms with Gasteiger partial charge in [0.2, 0.25) is 5.95 Å². The fourth-order valence-corrected chi connectivity index (χ4v) is 4.05. The molecule has 4 aromatic rings. The molecule has 8 nitrogen and oxygen atoms in total. The van der Waals surface area contributed by atoms with Crippen LogP contribution in [0.5, 0.6) is 0 Å². The van der Waals surface area contributed by atoms with Gasteiger partial charge in [-0.05, 0) is 61.2 Å². The topological polar surface area (TPSA) is 97.4 Å². The van der Waals surface area contributed by atoms with Crippen LogP contribution in [-0.4, -0.2) is 31.7 Å². The summed E-state index contributed by atoms with van der Waals surface area (Å²) in [5, 5.41) is 9.52. The summed E-state index contributed by atoms with van der Waals surface area (Å²) in [6, 6.07) is 21.5. The van der Waals surface area contributed by atoms with Crippen molar-refractivity contribution < 1.29 is 9.90 Å². The van der Waals surface area contributed by atoms with Crippen LogP contribution in [0.25, 0.3) is 5.69 Å². The first-order valence-corrected chi connectivity index (χ1v) is 11.7. The smallest absolute Gasteiger partial charge is 0.355 e. The fourth-order valence-electron chi connectivity index (χ4n) is 4.05. The van der Waals surface area contributed by atoms with E-state index in [4.69, 9.17) is 0 Å². The predicted octanol–water partition coefficient (Wildman–Crippen LogP) is 3.78. The van der Waals surface area contributed by atoms with E-state index in [1.54, 1.807) is 12.1 Å². The zero-order chi connectivity index (χ0) is 25.8. The molecule has 0 aliphatic carbocycles. The average Bonchev–Trinajstić information content (AvgIpc) is 2.87. The Morgan fingerprint density at radius 3 is 2.33 bits per heavy atom. The summed E-state index contributed by atoms with van der Waals surface area (Å²) in [4.78, 5) is 44.8. The molecule has 4 rings (SSSR count). The Hall–Kier alpha value is -4.46. The van der Waals surface area contributed by atoms with E-state index in [1.807, 2.05) is 74.2 Å². The molecular formula is C28H28N4O4. The molecule has 3 aromatic carbocycles. The van der Waals surface area contributed by atoms with Crippen LogP contribution in [0.1, 0.15) is 39.5 Å². The highest BCUT2D eigenvalue weighted by Gasteiger charge is 2.20. The third-order valence-corrected chi connectivity index (χ3v) is 6.19. The van der Waals surface area contributed by atoms with E-state index in [0.29, 0.717) is 18.8 Å². The molecule has 0 amide bonds. The standard InChI is InChI=1S/C28H28N4O4/c1-4-30(17-21-9-6-5-7-10-21)26-29-27(35)31(18-22-14-13-19(2)20(3)15-22)28(36)32(26)24-12-8-11-23(16-24)25(33)34/h5-16H,4,17-18H2,1-3H3,(H,33,34). The number of rotatable bonds is 8. The number of hydrogen-bond donors (Lipinski definition) is 1. The molecule has 0 fully saturated rings. The van der Waals surface area contributed by atoms with Crippen molar-refractivity contribution in [3.63, 3.8) is 0 Å². The van der Waals surface area contributed by atoms with Crippen molar-refractivity contribution in [2.24, 2.45) is 0 Å². The Bertz CT molecular complexity index is 1520. The summed E-state index contributed by atoms with van der Waals surface area (Å²) in [7, 11) is 0. The molecule has 0 aliphatic heterocycles. The Kier molecular flexibility index (Phi) is 7.15. The maximum absolute atomic E-state index is 13.8.